The summed E-state index contributed by atoms with van der Waals surface area (Å²) in [6.07, 6.45) is 0. The molecule has 0 saturated carbocycles. The van der Waals surface area contributed by atoms with E-state index in [1.54, 1.807) is 0 Å². The van der Waals surface area contributed by atoms with E-state index in [1.807, 2.05) is 103 Å². The Morgan fingerprint density at radius 3 is 1.71 bits per heavy atom. The fraction of sp³-hybridized carbons (Fsp3) is 0.194. The highest BCUT2D eigenvalue weighted by Gasteiger charge is 2.22. The molecule has 0 amide bonds. The van der Waals surface area contributed by atoms with Crippen LogP contribution >= 0.6 is 0 Å². The van der Waals surface area contributed by atoms with Gasteiger partial charge in [-0.25, -0.2) is 0 Å². The van der Waals surface area contributed by atoms with Crippen molar-refractivity contribution in [2.45, 2.75) is 26.8 Å². The van der Waals surface area contributed by atoms with Crippen molar-refractivity contribution < 1.29 is 14.3 Å². The largest absolute Gasteiger partial charge is 0.457 e. The molecule has 1 atom stereocenters. The summed E-state index contributed by atoms with van der Waals surface area (Å²) >= 11 is 0. The SMILES string of the molecule is CCN(CC)C(C)c1cc(Oc2ccccc2)ccc1C(=O)c1ccc(Oc2ccccc2)cc1. The molecule has 0 spiro atoms. The first-order valence-corrected chi connectivity index (χ1v) is 12.1. The highest BCUT2D eigenvalue weighted by Crippen LogP contribution is 2.32. The van der Waals surface area contributed by atoms with Crippen LogP contribution in [0.2, 0.25) is 0 Å². The van der Waals surface area contributed by atoms with Crippen LogP contribution in [0.15, 0.2) is 103 Å². The Balaban J connectivity index is 1.63. The first-order chi connectivity index (χ1) is 17.1. The third-order valence-electron chi connectivity index (χ3n) is 6.15. The standard InChI is InChI=1S/C31H31NO3/c1-4-32(5-2)23(3)30-22-28(35-26-14-10-7-11-15-26)20-21-29(30)31(33)24-16-18-27(19-17-24)34-25-12-8-6-9-13-25/h6-23H,4-5H2,1-3H3. The highest BCUT2D eigenvalue weighted by molar-refractivity contribution is 6.10. The van der Waals surface area contributed by atoms with Crippen molar-refractivity contribution in [3.63, 3.8) is 0 Å². The van der Waals surface area contributed by atoms with Crippen LogP contribution in [0.3, 0.4) is 0 Å². The summed E-state index contributed by atoms with van der Waals surface area (Å²) < 4.78 is 12.0. The van der Waals surface area contributed by atoms with E-state index in [-0.39, 0.29) is 11.8 Å². The van der Waals surface area contributed by atoms with E-state index < -0.39 is 0 Å². The lowest BCUT2D eigenvalue weighted by atomic mass is 9.93. The number of hydrogen-bond donors (Lipinski definition) is 0. The maximum Gasteiger partial charge on any atom is 0.193 e. The maximum atomic E-state index is 13.6. The van der Waals surface area contributed by atoms with Gasteiger partial charge in [0.05, 0.1) is 0 Å². The van der Waals surface area contributed by atoms with Gasteiger partial charge >= 0.3 is 0 Å². The molecule has 0 aliphatic rings. The van der Waals surface area contributed by atoms with Crippen molar-refractivity contribution in [3.05, 3.63) is 120 Å². The van der Waals surface area contributed by atoms with Crippen molar-refractivity contribution in [1.29, 1.82) is 0 Å². The van der Waals surface area contributed by atoms with E-state index >= 15 is 0 Å². The molecule has 1 unspecified atom stereocenters. The second kappa shape index (κ2) is 11.5. The molecular weight excluding hydrogens is 434 g/mol. The van der Waals surface area contributed by atoms with Crippen LogP contribution in [-0.4, -0.2) is 23.8 Å². The normalized spacial score (nSPS) is 11.8. The number of nitrogens with zero attached hydrogens (tertiary/aromatic N) is 1. The molecular formula is C31H31NO3. The topological polar surface area (TPSA) is 38.8 Å². The van der Waals surface area contributed by atoms with Crippen molar-refractivity contribution >= 4 is 5.78 Å². The number of rotatable bonds is 10. The minimum atomic E-state index is -0.0171. The van der Waals surface area contributed by atoms with Gasteiger partial charge in [-0.3, -0.25) is 9.69 Å². The molecule has 0 aliphatic carbocycles. The van der Waals surface area contributed by atoms with Gasteiger partial charge in [-0.2, -0.15) is 0 Å². The number of carbonyl (C=O) groups excluding carboxylic acids is 1. The van der Waals surface area contributed by atoms with Crippen LogP contribution in [0.25, 0.3) is 0 Å². The van der Waals surface area contributed by atoms with Gasteiger partial charge in [0.1, 0.15) is 23.0 Å². The lowest BCUT2D eigenvalue weighted by Gasteiger charge is -2.28. The molecule has 0 aliphatic heterocycles. The van der Waals surface area contributed by atoms with E-state index in [1.165, 1.54) is 0 Å². The third-order valence-corrected chi connectivity index (χ3v) is 6.15. The second-order valence-electron chi connectivity index (χ2n) is 8.33. The zero-order valence-corrected chi connectivity index (χ0v) is 20.5. The molecule has 4 aromatic rings. The van der Waals surface area contributed by atoms with E-state index in [0.717, 1.165) is 30.2 Å². The van der Waals surface area contributed by atoms with Crippen LogP contribution in [0.4, 0.5) is 0 Å². The Bertz CT molecular complexity index is 1230. The van der Waals surface area contributed by atoms with Gasteiger partial charge in [0.2, 0.25) is 0 Å². The number of ketones is 1. The van der Waals surface area contributed by atoms with Gasteiger partial charge in [0, 0.05) is 17.2 Å². The fourth-order valence-electron chi connectivity index (χ4n) is 4.20. The molecule has 4 heteroatoms. The van der Waals surface area contributed by atoms with E-state index in [9.17, 15) is 4.79 Å². The fourth-order valence-corrected chi connectivity index (χ4v) is 4.20. The summed E-state index contributed by atoms with van der Waals surface area (Å²) in [5.74, 6) is 2.92. The maximum absolute atomic E-state index is 13.6. The molecule has 4 rings (SSSR count). The summed E-state index contributed by atoms with van der Waals surface area (Å²) in [5, 5.41) is 0. The van der Waals surface area contributed by atoms with Crippen LogP contribution in [-0.2, 0) is 0 Å². The molecule has 0 radical (unpaired) electrons. The van der Waals surface area contributed by atoms with Crippen molar-refractivity contribution in [3.8, 4) is 23.0 Å². The van der Waals surface area contributed by atoms with Gasteiger partial charge in [0.25, 0.3) is 0 Å². The molecule has 0 fully saturated rings. The number of hydrogen-bond acceptors (Lipinski definition) is 4. The monoisotopic (exact) mass is 465 g/mol. The Labute approximate surface area is 207 Å². The van der Waals surface area contributed by atoms with Gasteiger partial charge in [0.15, 0.2) is 5.78 Å². The van der Waals surface area contributed by atoms with Crippen molar-refractivity contribution in [2.24, 2.45) is 0 Å². The Morgan fingerprint density at radius 2 is 1.17 bits per heavy atom. The Hall–Kier alpha value is -3.89. The summed E-state index contributed by atoms with van der Waals surface area (Å²) in [5.41, 5.74) is 2.26. The molecule has 0 aromatic heterocycles. The molecule has 0 heterocycles. The highest BCUT2D eigenvalue weighted by atomic mass is 16.5. The van der Waals surface area contributed by atoms with Gasteiger partial charge < -0.3 is 9.47 Å². The number of carbonyl (C=O) groups is 1. The van der Waals surface area contributed by atoms with Gasteiger partial charge in [-0.15, -0.1) is 0 Å². The Kier molecular flexibility index (Phi) is 7.96. The average molecular weight is 466 g/mol. The second-order valence-corrected chi connectivity index (χ2v) is 8.33. The van der Waals surface area contributed by atoms with E-state index in [0.29, 0.717) is 22.6 Å². The molecule has 35 heavy (non-hydrogen) atoms. The predicted octanol–water partition coefficient (Wildman–Crippen LogP) is 7.91. The molecule has 0 saturated heterocycles. The van der Waals surface area contributed by atoms with Crippen LogP contribution in [0.1, 0.15) is 48.3 Å². The number of para-hydroxylation sites is 2. The average Bonchev–Trinajstić information content (AvgIpc) is 2.90. The van der Waals surface area contributed by atoms with Crippen LogP contribution in [0, 0.1) is 0 Å². The molecule has 0 bridgehead atoms. The number of ether oxygens (including phenoxy) is 2. The lowest BCUT2D eigenvalue weighted by molar-refractivity contribution is 0.103. The van der Waals surface area contributed by atoms with Gasteiger partial charge in [-0.1, -0.05) is 50.2 Å². The molecule has 0 N–H and O–H groups in total. The van der Waals surface area contributed by atoms with Crippen LogP contribution < -0.4 is 9.47 Å². The van der Waals surface area contributed by atoms with Crippen molar-refractivity contribution in [2.75, 3.05) is 13.1 Å². The quantitative estimate of drug-likeness (QED) is 0.223. The summed E-state index contributed by atoms with van der Waals surface area (Å²) in [6.45, 7) is 8.19. The van der Waals surface area contributed by atoms with Crippen LogP contribution in [0.5, 0.6) is 23.0 Å². The predicted molar refractivity (Wildman–Crippen MR) is 141 cm³/mol. The molecule has 4 aromatic carbocycles. The summed E-state index contributed by atoms with van der Waals surface area (Å²) in [7, 11) is 0. The minimum Gasteiger partial charge on any atom is -0.457 e. The van der Waals surface area contributed by atoms with Crippen molar-refractivity contribution in [1.82, 2.24) is 4.90 Å². The Morgan fingerprint density at radius 1 is 0.686 bits per heavy atom. The smallest absolute Gasteiger partial charge is 0.193 e. The lowest BCUT2D eigenvalue weighted by Crippen LogP contribution is -2.27. The zero-order valence-electron chi connectivity index (χ0n) is 20.5. The number of benzene rings is 4. The first kappa shape index (κ1) is 24.2. The summed E-state index contributed by atoms with van der Waals surface area (Å²) in [4.78, 5) is 15.9. The molecule has 178 valence electrons. The minimum absolute atomic E-state index is 0.0171. The molecule has 4 nitrogen and oxygen atoms in total. The van der Waals surface area contributed by atoms with E-state index in [2.05, 4.69) is 25.7 Å². The first-order valence-electron chi connectivity index (χ1n) is 12.1. The summed E-state index contributed by atoms with van der Waals surface area (Å²) in [6, 6.07) is 32.4. The van der Waals surface area contributed by atoms with E-state index in [4.69, 9.17) is 9.47 Å². The zero-order chi connectivity index (χ0) is 24.6. The van der Waals surface area contributed by atoms with Gasteiger partial charge in [-0.05, 0) is 92.3 Å². The third kappa shape index (κ3) is 5.97.